The zero-order valence-corrected chi connectivity index (χ0v) is 14.8. The van der Waals surface area contributed by atoms with Crippen LogP contribution in [-0.2, 0) is 27.9 Å². The van der Waals surface area contributed by atoms with Crippen molar-refractivity contribution in [2.24, 2.45) is 0 Å². The minimum atomic E-state index is -3.46. The Hall–Kier alpha value is -1.83. The Balaban J connectivity index is 1.92. The molecule has 0 bridgehead atoms. The summed E-state index contributed by atoms with van der Waals surface area (Å²) < 4.78 is 30.2. The van der Waals surface area contributed by atoms with Crippen molar-refractivity contribution >= 4 is 27.5 Å². The Bertz CT molecular complexity index is 775. The summed E-state index contributed by atoms with van der Waals surface area (Å²) in [5.74, 6) is 0.388. The normalized spacial score (nSPS) is 11.6. The Labute approximate surface area is 146 Å². The fourth-order valence-corrected chi connectivity index (χ4v) is 3.08. The quantitative estimate of drug-likeness (QED) is 0.773. The molecule has 0 unspecified atom stereocenters. The SMILES string of the molecule is CS(=O)(=O)N(CCC(=O)NCc1ccco1)Cc1ccccc1Cl. The number of carbonyl (C=O) groups is 1. The minimum Gasteiger partial charge on any atom is -0.467 e. The molecule has 130 valence electrons. The van der Waals surface area contributed by atoms with Crippen molar-refractivity contribution in [3.05, 3.63) is 59.0 Å². The molecule has 1 N–H and O–H groups in total. The van der Waals surface area contributed by atoms with E-state index in [0.717, 1.165) is 6.26 Å². The third kappa shape index (κ3) is 5.67. The Morgan fingerprint density at radius 2 is 2.00 bits per heavy atom. The summed E-state index contributed by atoms with van der Waals surface area (Å²) in [6.07, 6.45) is 2.69. The van der Waals surface area contributed by atoms with Crippen LogP contribution in [-0.4, -0.2) is 31.4 Å². The molecule has 0 saturated carbocycles. The van der Waals surface area contributed by atoms with Gasteiger partial charge < -0.3 is 9.73 Å². The van der Waals surface area contributed by atoms with Crippen molar-refractivity contribution in [1.29, 1.82) is 0 Å². The number of furan rings is 1. The zero-order valence-electron chi connectivity index (χ0n) is 13.2. The van der Waals surface area contributed by atoms with Gasteiger partial charge in [-0.2, -0.15) is 4.31 Å². The number of sulfonamides is 1. The van der Waals surface area contributed by atoms with E-state index in [1.54, 1.807) is 36.4 Å². The third-order valence-corrected chi connectivity index (χ3v) is 5.02. The van der Waals surface area contributed by atoms with Crippen LogP contribution in [0.15, 0.2) is 47.1 Å². The average Bonchev–Trinajstić information content (AvgIpc) is 3.03. The van der Waals surface area contributed by atoms with Gasteiger partial charge in [0.2, 0.25) is 15.9 Å². The highest BCUT2D eigenvalue weighted by Crippen LogP contribution is 2.18. The second-order valence-electron chi connectivity index (χ2n) is 5.29. The fourth-order valence-electron chi connectivity index (χ4n) is 2.09. The molecule has 0 saturated heterocycles. The lowest BCUT2D eigenvalue weighted by molar-refractivity contribution is -0.121. The number of hydrogen-bond acceptors (Lipinski definition) is 4. The Morgan fingerprint density at radius 3 is 2.62 bits per heavy atom. The molecular formula is C16H19ClN2O4S. The van der Waals surface area contributed by atoms with Crippen molar-refractivity contribution in [3.63, 3.8) is 0 Å². The topological polar surface area (TPSA) is 79.6 Å². The molecule has 0 aliphatic rings. The molecule has 0 fully saturated rings. The predicted molar refractivity (Wildman–Crippen MR) is 91.9 cm³/mol. The number of halogens is 1. The smallest absolute Gasteiger partial charge is 0.221 e. The van der Waals surface area contributed by atoms with Gasteiger partial charge in [0.15, 0.2) is 0 Å². The maximum absolute atomic E-state index is 11.9. The lowest BCUT2D eigenvalue weighted by atomic mass is 10.2. The molecule has 1 aromatic carbocycles. The maximum Gasteiger partial charge on any atom is 0.221 e. The summed E-state index contributed by atoms with van der Waals surface area (Å²) >= 11 is 6.08. The van der Waals surface area contributed by atoms with Crippen LogP contribution in [0.4, 0.5) is 0 Å². The van der Waals surface area contributed by atoms with Gasteiger partial charge in [0.1, 0.15) is 5.76 Å². The highest BCUT2D eigenvalue weighted by atomic mass is 35.5. The van der Waals surface area contributed by atoms with Crippen LogP contribution in [0.3, 0.4) is 0 Å². The monoisotopic (exact) mass is 370 g/mol. The van der Waals surface area contributed by atoms with Gasteiger partial charge in [-0.15, -0.1) is 0 Å². The first kappa shape index (κ1) is 18.5. The number of hydrogen-bond donors (Lipinski definition) is 1. The molecular weight excluding hydrogens is 352 g/mol. The van der Waals surface area contributed by atoms with Crippen LogP contribution < -0.4 is 5.32 Å². The van der Waals surface area contributed by atoms with Crippen molar-refractivity contribution in [3.8, 4) is 0 Å². The molecule has 1 amide bonds. The number of rotatable bonds is 8. The van der Waals surface area contributed by atoms with E-state index in [9.17, 15) is 13.2 Å². The van der Waals surface area contributed by atoms with Gasteiger partial charge in [-0.05, 0) is 23.8 Å². The summed E-state index contributed by atoms with van der Waals surface area (Å²) in [5, 5.41) is 3.18. The number of nitrogens with one attached hydrogen (secondary N) is 1. The first-order chi connectivity index (χ1) is 11.4. The van der Waals surface area contributed by atoms with Gasteiger partial charge in [-0.1, -0.05) is 29.8 Å². The van der Waals surface area contributed by atoms with Gasteiger partial charge in [-0.25, -0.2) is 8.42 Å². The highest BCUT2D eigenvalue weighted by molar-refractivity contribution is 7.88. The zero-order chi connectivity index (χ0) is 17.6. The molecule has 8 heteroatoms. The lowest BCUT2D eigenvalue weighted by Gasteiger charge is -2.20. The molecule has 0 radical (unpaired) electrons. The Kier molecular flexibility index (Phi) is 6.42. The van der Waals surface area contributed by atoms with Gasteiger partial charge in [0.25, 0.3) is 0 Å². The van der Waals surface area contributed by atoms with E-state index in [-0.39, 0.29) is 32.0 Å². The number of nitrogens with zero attached hydrogens (tertiary/aromatic N) is 1. The fraction of sp³-hybridized carbons (Fsp3) is 0.312. The molecule has 1 heterocycles. The van der Waals surface area contributed by atoms with Crippen LogP contribution in [0.1, 0.15) is 17.7 Å². The summed E-state index contributed by atoms with van der Waals surface area (Å²) in [6.45, 7) is 0.479. The van der Waals surface area contributed by atoms with Crippen LogP contribution in [0, 0.1) is 0 Å². The molecule has 0 aliphatic heterocycles. The summed E-state index contributed by atoms with van der Waals surface area (Å²) in [4.78, 5) is 11.9. The largest absolute Gasteiger partial charge is 0.467 e. The van der Waals surface area contributed by atoms with Crippen LogP contribution >= 0.6 is 11.6 Å². The number of amides is 1. The molecule has 1 aromatic heterocycles. The first-order valence-corrected chi connectivity index (χ1v) is 9.56. The van der Waals surface area contributed by atoms with Crippen LogP contribution in [0.2, 0.25) is 5.02 Å². The summed E-state index contributed by atoms with van der Waals surface area (Å²) in [5.41, 5.74) is 0.695. The third-order valence-electron chi connectivity index (χ3n) is 3.40. The van der Waals surface area contributed by atoms with Crippen LogP contribution in [0.5, 0.6) is 0 Å². The molecule has 0 aliphatic carbocycles. The van der Waals surface area contributed by atoms with Crippen molar-refractivity contribution in [2.45, 2.75) is 19.5 Å². The molecule has 6 nitrogen and oxygen atoms in total. The van der Waals surface area contributed by atoms with Crippen LogP contribution in [0.25, 0.3) is 0 Å². The Morgan fingerprint density at radius 1 is 1.25 bits per heavy atom. The van der Waals surface area contributed by atoms with E-state index in [4.69, 9.17) is 16.0 Å². The highest BCUT2D eigenvalue weighted by Gasteiger charge is 2.19. The van der Waals surface area contributed by atoms with E-state index in [1.165, 1.54) is 10.6 Å². The molecule has 0 spiro atoms. The average molecular weight is 371 g/mol. The molecule has 2 aromatic rings. The summed E-state index contributed by atoms with van der Waals surface area (Å²) in [6, 6.07) is 10.5. The number of benzene rings is 1. The minimum absolute atomic E-state index is 0.0538. The van der Waals surface area contributed by atoms with Gasteiger partial charge in [0, 0.05) is 24.5 Å². The number of carbonyl (C=O) groups excluding carboxylic acids is 1. The summed E-state index contributed by atoms with van der Waals surface area (Å²) in [7, 11) is -3.46. The van der Waals surface area contributed by atoms with Gasteiger partial charge in [-0.3, -0.25) is 4.79 Å². The first-order valence-electron chi connectivity index (χ1n) is 7.34. The van der Waals surface area contributed by atoms with E-state index < -0.39 is 10.0 Å². The van der Waals surface area contributed by atoms with Crippen molar-refractivity contribution in [1.82, 2.24) is 9.62 Å². The van der Waals surface area contributed by atoms with Gasteiger partial charge >= 0.3 is 0 Å². The standard InChI is InChI=1S/C16H19ClN2O4S/c1-24(21,22)19(12-13-5-2-3-7-15(13)17)9-8-16(20)18-11-14-6-4-10-23-14/h2-7,10H,8-9,11-12H2,1H3,(H,18,20). The van der Waals surface area contributed by atoms with E-state index in [1.807, 2.05) is 0 Å². The van der Waals surface area contributed by atoms with Crippen molar-refractivity contribution in [2.75, 3.05) is 12.8 Å². The maximum atomic E-state index is 11.9. The van der Waals surface area contributed by atoms with E-state index >= 15 is 0 Å². The van der Waals surface area contributed by atoms with E-state index in [0.29, 0.717) is 16.3 Å². The molecule has 24 heavy (non-hydrogen) atoms. The second kappa shape index (κ2) is 8.32. The lowest BCUT2D eigenvalue weighted by Crippen LogP contribution is -2.34. The molecule has 0 atom stereocenters. The predicted octanol–water partition coefficient (Wildman–Crippen LogP) is 2.40. The van der Waals surface area contributed by atoms with Gasteiger partial charge in [0.05, 0.1) is 19.1 Å². The van der Waals surface area contributed by atoms with E-state index in [2.05, 4.69) is 5.32 Å². The second-order valence-corrected chi connectivity index (χ2v) is 7.68. The van der Waals surface area contributed by atoms with Crippen molar-refractivity contribution < 1.29 is 17.6 Å². The molecule has 2 rings (SSSR count).